The van der Waals surface area contributed by atoms with Gasteiger partial charge in [0.25, 0.3) is 0 Å². The number of benzene rings is 1. The molecule has 4 N–H and O–H groups in total. The number of nitrogens with two attached hydrogens (primary N) is 1. The van der Waals surface area contributed by atoms with Gasteiger partial charge in [-0.15, -0.1) is 0 Å². The van der Waals surface area contributed by atoms with E-state index in [1.165, 1.54) is 0 Å². The monoisotopic (exact) mass is 298 g/mol. The Morgan fingerprint density at radius 1 is 1.30 bits per heavy atom. The largest absolute Gasteiger partial charge is 0.398 e. The number of aliphatic hydroxyl groups is 1. The molecule has 0 aromatic heterocycles. The van der Waals surface area contributed by atoms with E-state index in [1.54, 1.807) is 19.1 Å². The van der Waals surface area contributed by atoms with Crippen LogP contribution in [0.15, 0.2) is 17.0 Å². The van der Waals surface area contributed by atoms with Crippen LogP contribution >= 0.6 is 0 Å². The van der Waals surface area contributed by atoms with Gasteiger partial charge in [-0.3, -0.25) is 0 Å². The van der Waals surface area contributed by atoms with Crippen molar-refractivity contribution in [1.82, 2.24) is 4.72 Å². The van der Waals surface area contributed by atoms with Gasteiger partial charge in [0, 0.05) is 6.54 Å². The zero-order valence-electron chi connectivity index (χ0n) is 11.9. The molecule has 0 bridgehead atoms. The van der Waals surface area contributed by atoms with E-state index in [1.807, 2.05) is 6.92 Å². The van der Waals surface area contributed by atoms with E-state index in [9.17, 15) is 13.5 Å². The molecule has 2 rings (SSSR count). The molecule has 0 amide bonds. The summed E-state index contributed by atoms with van der Waals surface area (Å²) >= 11 is 0. The highest BCUT2D eigenvalue weighted by Gasteiger charge is 2.33. The number of hydrogen-bond donors (Lipinski definition) is 3. The summed E-state index contributed by atoms with van der Waals surface area (Å²) in [7, 11) is -3.70. The van der Waals surface area contributed by atoms with Gasteiger partial charge in [0.15, 0.2) is 0 Å². The fourth-order valence-corrected chi connectivity index (χ4v) is 4.22. The lowest BCUT2D eigenvalue weighted by atomic mass is 10.0. The van der Waals surface area contributed by atoms with E-state index in [2.05, 4.69) is 4.72 Å². The third-order valence-corrected chi connectivity index (χ3v) is 5.71. The fraction of sp³-hybridized carbons (Fsp3) is 0.571. The molecule has 1 aromatic carbocycles. The first-order valence-electron chi connectivity index (χ1n) is 6.83. The second kappa shape index (κ2) is 5.35. The highest BCUT2D eigenvalue weighted by atomic mass is 32.2. The zero-order chi connectivity index (χ0) is 15.0. The molecule has 1 aliphatic carbocycles. The van der Waals surface area contributed by atoms with Crippen LogP contribution in [-0.2, 0) is 10.0 Å². The maximum absolute atomic E-state index is 12.4. The van der Waals surface area contributed by atoms with Crippen molar-refractivity contribution in [2.24, 2.45) is 0 Å². The normalized spacial score (nSPS) is 18.4. The summed E-state index contributed by atoms with van der Waals surface area (Å²) in [5, 5.41) is 10.2. The molecule has 0 unspecified atom stereocenters. The SMILES string of the molecule is Cc1ccc(N)c(S(=O)(=O)NCC2(O)CCCC2)c1C. The minimum Gasteiger partial charge on any atom is -0.398 e. The fourth-order valence-electron chi connectivity index (χ4n) is 2.68. The Hall–Kier alpha value is -1.11. The van der Waals surface area contributed by atoms with E-state index in [0.717, 1.165) is 18.4 Å². The summed E-state index contributed by atoms with van der Waals surface area (Å²) in [6, 6.07) is 3.40. The quantitative estimate of drug-likeness (QED) is 0.734. The molecule has 0 heterocycles. The van der Waals surface area contributed by atoms with Crippen molar-refractivity contribution in [1.29, 1.82) is 0 Å². The number of nitrogens with one attached hydrogen (secondary N) is 1. The molecule has 6 heteroatoms. The van der Waals surface area contributed by atoms with Gasteiger partial charge in [0.05, 0.1) is 11.3 Å². The predicted octanol–water partition coefficient (Wildman–Crippen LogP) is 1.47. The molecule has 1 fully saturated rings. The Bertz CT molecular complexity index is 605. The summed E-state index contributed by atoms with van der Waals surface area (Å²) < 4.78 is 27.4. The topological polar surface area (TPSA) is 92.4 Å². The van der Waals surface area contributed by atoms with E-state index in [-0.39, 0.29) is 17.1 Å². The maximum atomic E-state index is 12.4. The first-order valence-corrected chi connectivity index (χ1v) is 8.31. The van der Waals surface area contributed by atoms with Crippen LogP contribution in [0.2, 0.25) is 0 Å². The van der Waals surface area contributed by atoms with Crippen molar-refractivity contribution in [2.75, 3.05) is 12.3 Å². The molecule has 20 heavy (non-hydrogen) atoms. The van der Waals surface area contributed by atoms with Gasteiger partial charge in [0.2, 0.25) is 10.0 Å². The van der Waals surface area contributed by atoms with E-state index in [4.69, 9.17) is 5.73 Å². The van der Waals surface area contributed by atoms with Gasteiger partial charge >= 0.3 is 0 Å². The Balaban J connectivity index is 2.25. The van der Waals surface area contributed by atoms with Crippen LogP contribution in [0, 0.1) is 13.8 Å². The predicted molar refractivity (Wildman–Crippen MR) is 78.9 cm³/mol. The Kier molecular flexibility index (Phi) is 4.09. The summed E-state index contributed by atoms with van der Waals surface area (Å²) in [6.45, 7) is 3.63. The minimum atomic E-state index is -3.70. The van der Waals surface area contributed by atoms with Crippen molar-refractivity contribution in [3.8, 4) is 0 Å². The summed E-state index contributed by atoms with van der Waals surface area (Å²) in [5.74, 6) is 0. The molecule has 0 saturated heterocycles. The molecule has 5 nitrogen and oxygen atoms in total. The van der Waals surface area contributed by atoms with Crippen LogP contribution in [0.1, 0.15) is 36.8 Å². The van der Waals surface area contributed by atoms with Crippen molar-refractivity contribution >= 4 is 15.7 Å². The second-order valence-corrected chi connectivity index (χ2v) is 7.39. The van der Waals surface area contributed by atoms with Crippen molar-refractivity contribution in [3.63, 3.8) is 0 Å². The molecule has 1 aliphatic rings. The smallest absolute Gasteiger partial charge is 0.242 e. The van der Waals surface area contributed by atoms with E-state index < -0.39 is 15.6 Å². The number of sulfonamides is 1. The van der Waals surface area contributed by atoms with Crippen LogP contribution < -0.4 is 10.5 Å². The first kappa shape index (κ1) is 15.3. The molecule has 0 aliphatic heterocycles. The molecule has 1 aromatic rings. The van der Waals surface area contributed by atoms with Crippen LogP contribution in [0.4, 0.5) is 5.69 Å². The molecule has 112 valence electrons. The van der Waals surface area contributed by atoms with Crippen LogP contribution in [-0.4, -0.2) is 25.7 Å². The van der Waals surface area contributed by atoms with Gasteiger partial charge in [-0.2, -0.15) is 0 Å². The Morgan fingerprint density at radius 2 is 1.90 bits per heavy atom. The van der Waals surface area contributed by atoms with Crippen molar-refractivity contribution in [3.05, 3.63) is 23.3 Å². The van der Waals surface area contributed by atoms with Gasteiger partial charge in [-0.25, -0.2) is 13.1 Å². The number of nitrogen functional groups attached to an aromatic ring is 1. The van der Waals surface area contributed by atoms with E-state index >= 15 is 0 Å². The Morgan fingerprint density at radius 3 is 2.50 bits per heavy atom. The first-order chi connectivity index (χ1) is 9.25. The molecule has 0 radical (unpaired) electrons. The lowest BCUT2D eigenvalue weighted by Gasteiger charge is -2.23. The molecular weight excluding hydrogens is 276 g/mol. The van der Waals surface area contributed by atoms with Crippen LogP contribution in [0.3, 0.4) is 0 Å². The lowest BCUT2D eigenvalue weighted by Crippen LogP contribution is -2.41. The number of anilines is 1. The van der Waals surface area contributed by atoms with Crippen LogP contribution in [0.5, 0.6) is 0 Å². The average molecular weight is 298 g/mol. The standard InChI is InChI=1S/C14H22N2O3S/c1-10-5-6-12(15)13(11(10)2)20(18,19)16-9-14(17)7-3-4-8-14/h5-6,16-17H,3-4,7-9,15H2,1-2H3. The maximum Gasteiger partial charge on any atom is 0.242 e. The molecular formula is C14H22N2O3S. The second-order valence-electron chi connectivity index (χ2n) is 5.68. The van der Waals surface area contributed by atoms with Gasteiger partial charge in [-0.1, -0.05) is 18.9 Å². The molecule has 1 saturated carbocycles. The summed E-state index contributed by atoms with van der Waals surface area (Å²) in [6.07, 6.45) is 3.14. The van der Waals surface area contributed by atoms with Gasteiger partial charge in [-0.05, 0) is 43.9 Å². The Labute approximate surface area is 120 Å². The zero-order valence-corrected chi connectivity index (χ0v) is 12.8. The highest BCUT2D eigenvalue weighted by molar-refractivity contribution is 7.89. The summed E-state index contributed by atoms with van der Waals surface area (Å²) in [5.41, 5.74) is 6.65. The third kappa shape index (κ3) is 2.97. The minimum absolute atomic E-state index is 0.0438. The number of rotatable bonds is 4. The van der Waals surface area contributed by atoms with E-state index in [0.29, 0.717) is 18.4 Å². The van der Waals surface area contributed by atoms with Gasteiger partial charge in [0.1, 0.15) is 4.90 Å². The molecule has 0 atom stereocenters. The van der Waals surface area contributed by atoms with Crippen LogP contribution in [0.25, 0.3) is 0 Å². The van der Waals surface area contributed by atoms with Crippen molar-refractivity contribution in [2.45, 2.75) is 50.0 Å². The number of aryl methyl sites for hydroxylation is 1. The average Bonchev–Trinajstić information content (AvgIpc) is 2.80. The molecule has 0 spiro atoms. The summed E-state index contributed by atoms with van der Waals surface area (Å²) in [4.78, 5) is 0.124. The van der Waals surface area contributed by atoms with Gasteiger partial charge < -0.3 is 10.8 Å². The highest BCUT2D eigenvalue weighted by Crippen LogP contribution is 2.30. The lowest BCUT2D eigenvalue weighted by molar-refractivity contribution is 0.0532. The number of hydrogen-bond acceptors (Lipinski definition) is 4. The van der Waals surface area contributed by atoms with Crippen molar-refractivity contribution < 1.29 is 13.5 Å². The third-order valence-electron chi connectivity index (χ3n) is 4.10.